The molecule has 0 aliphatic carbocycles. The Hall–Kier alpha value is -4.21. The van der Waals surface area contributed by atoms with E-state index >= 15 is 0 Å². The number of rotatable bonds is 7. The molecule has 1 aromatic carbocycles. The van der Waals surface area contributed by atoms with Crippen LogP contribution in [-0.4, -0.2) is 62.7 Å². The summed E-state index contributed by atoms with van der Waals surface area (Å²) >= 11 is 0. The van der Waals surface area contributed by atoms with E-state index in [1.54, 1.807) is 37.2 Å². The number of carbonyl (C=O) groups is 2. The lowest BCUT2D eigenvalue weighted by Crippen LogP contribution is -2.42. The predicted molar refractivity (Wildman–Crippen MR) is 125 cm³/mol. The number of ether oxygens (including phenoxy) is 1. The first-order chi connectivity index (χ1) is 16.5. The molecular formula is C24H24N6O4. The standard InChI is InChI=1S/C24H24N6O4/c1-3-33-24(32)18-13-20-23(31)29(10-11-30(20)14-18)9-8-26-22-19-12-17(21-27-15(2)34-28-21)5-4-16(19)6-7-25-22/h4-7,12-14H,3,8-11H2,1-2H3,(H,25,26). The third-order valence-corrected chi connectivity index (χ3v) is 5.75. The number of nitrogens with zero attached hydrogens (tertiary/aromatic N) is 5. The van der Waals surface area contributed by atoms with Gasteiger partial charge in [-0.2, -0.15) is 4.98 Å². The molecular weight excluding hydrogens is 436 g/mol. The number of carbonyl (C=O) groups excluding carboxylic acids is 2. The minimum Gasteiger partial charge on any atom is -0.462 e. The van der Waals surface area contributed by atoms with Gasteiger partial charge in [0, 0.05) is 56.4 Å². The number of aromatic nitrogens is 4. The lowest BCUT2D eigenvalue weighted by molar-refractivity contribution is 0.0526. The molecule has 174 valence electrons. The fourth-order valence-corrected chi connectivity index (χ4v) is 4.08. The highest BCUT2D eigenvalue weighted by Crippen LogP contribution is 2.26. The van der Waals surface area contributed by atoms with Crippen molar-refractivity contribution in [1.82, 2.24) is 24.6 Å². The number of hydrogen-bond donors (Lipinski definition) is 1. The van der Waals surface area contributed by atoms with E-state index in [0.29, 0.717) is 55.8 Å². The molecule has 0 bridgehead atoms. The van der Waals surface area contributed by atoms with Crippen molar-refractivity contribution < 1.29 is 18.8 Å². The Labute approximate surface area is 195 Å². The molecule has 0 atom stereocenters. The minimum atomic E-state index is -0.414. The van der Waals surface area contributed by atoms with Gasteiger partial charge in [0.2, 0.25) is 11.7 Å². The number of nitrogens with one attached hydrogen (secondary N) is 1. The van der Waals surface area contributed by atoms with Crippen molar-refractivity contribution >= 4 is 28.5 Å². The Morgan fingerprint density at radius 3 is 2.91 bits per heavy atom. The van der Waals surface area contributed by atoms with Gasteiger partial charge in [-0.3, -0.25) is 4.79 Å². The molecule has 0 fully saturated rings. The van der Waals surface area contributed by atoms with E-state index in [9.17, 15) is 9.59 Å². The first-order valence-corrected chi connectivity index (χ1v) is 11.1. The Kier molecular flexibility index (Phi) is 5.70. The van der Waals surface area contributed by atoms with Gasteiger partial charge in [-0.05, 0) is 30.5 Å². The normalized spacial score (nSPS) is 13.2. The van der Waals surface area contributed by atoms with Crippen molar-refractivity contribution in [2.75, 3.05) is 31.6 Å². The molecule has 0 radical (unpaired) electrons. The van der Waals surface area contributed by atoms with Gasteiger partial charge in [0.15, 0.2) is 0 Å². The van der Waals surface area contributed by atoms with Gasteiger partial charge in [-0.25, -0.2) is 9.78 Å². The number of amides is 1. The number of benzene rings is 1. The van der Waals surface area contributed by atoms with Gasteiger partial charge >= 0.3 is 5.97 Å². The highest BCUT2D eigenvalue weighted by atomic mass is 16.5. The van der Waals surface area contributed by atoms with Crippen LogP contribution < -0.4 is 5.32 Å². The quantitative estimate of drug-likeness (QED) is 0.418. The zero-order valence-electron chi connectivity index (χ0n) is 18.9. The number of esters is 1. The molecule has 0 saturated heterocycles. The van der Waals surface area contributed by atoms with Crippen LogP contribution >= 0.6 is 0 Å². The summed E-state index contributed by atoms with van der Waals surface area (Å²) in [6, 6.07) is 9.46. The van der Waals surface area contributed by atoms with Crippen LogP contribution in [-0.2, 0) is 11.3 Å². The summed E-state index contributed by atoms with van der Waals surface area (Å²) in [6.45, 7) is 6.02. The zero-order chi connectivity index (χ0) is 23.7. The lowest BCUT2D eigenvalue weighted by atomic mass is 10.1. The maximum absolute atomic E-state index is 13.0. The van der Waals surface area contributed by atoms with Crippen LogP contribution in [0.4, 0.5) is 5.82 Å². The summed E-state index contributed by atoms with van der Waals surface area (Å²) in [6.07, 6.45) is 3.43. The molecule has 1 N–H and O–H groups in total. The van der Waals surface area contributed by atoms with Gasteiger partial charge < -0.3 is 24.0 Å². The molecule has 4 aromatic rings. The number of anilines is 1. The van der Waals surface area contributed by atoms with Crippen molar-refractivity contribution in [3.63, 3.8) is 0 Å². The minimum absolute atomic E-state index is 0.107. The summed E-state index contributed by atoms with van der Waals surface area (Å²) in [7, 11) is 0. The van der Waals surface area contributed by atoms with Gasteiger partial charge in [-0.15, -0.1) is 0 Å². The summed E-state index contributed by atoms with van der Waals surface area (Å²) in [5, 5.41) is 9.31. The maximum atomic E-state index is 13.0. The zero-order valence-corrected chi connectivity index (χ0v) is 18.9. The Morgan fingerprint density at radius 1 is 1.24 bits per heavy atom. The van der Waals surface area contributed by atoms with Crippen molar-refractivity contribution in [2.24, 2.45) is 0 Å². The first-order valence-electron chi connectivity index (χ1n) is 11.1. The average molecular weight is 460 g/mol. The fourth-order valence-electron chi connectivity index (χ4n) is 4.08. The van der Waals surface area contributed by atoms with Crippen molar-refractivity contribution in [3.8, 4) is 11.4 Å². The maximum Gasteiger partial charge on any atom is 0.339 e. The number of pyridine rings is 1. The second kappa shape index (κ2) is 8.97. The van der Waals surface area contributed by atoms with E-state index in [-0.39, 0.29) is 5.91 Å². The van der Waals surface area contributed by atoms with Crippen LogP contribution in [0.2, 0.25) is 0 Å². The summed E-state index contributed by atoms with van der Waals surface area (Å²) < 4.78 is 12.0. The van der Waals surface area contributed by atoms with Gasteiger partial charge in [0.05, 0.1) is 12.2 Å². The molecule has 10 heteroatoms. The topological polar surface area (TPSA) is 115 Å². The first kappa shape index (κ1) is 21.6. The molecule has 0 spiro atoms. The molecule has 1 aliphatic rings. The molecule has 5 rings (SSSR count). The number of aryl methyl sites for hydroxylation is 1. The third-order valence-electron chi connectivity index (χ3n) is 5.75. The number of hydrogen-bond acceptors (Lipinski definition) is 8. The molecule has 34 heavy (non-hydrogen) atoms. The third kappa shape index (κ3) is 4.09. The van der Waals surface area contributed by atoms with Crippen LogP contribution in [0.1, 0.15) is 33.7 Å². The predicted octanol–water partition coefficient (Wildman–Crippen LogP) is 3.14. The van der Waals surface area contributed by atoms with Gasteiger partial charge in [-0.1, -0.05) is 17.3 Å². The highest BCUT2D eigenvalue weighted by molar-refractivity contribution is 5.98. The smallest absolute Gasteiger partial charge is 0.339 e. The van der Waals surface area contributed by atoms with Crippen LogP contribution in [0.25, 0.3) is 22.2 Å². The van der Waals surface area contributed by atoms with Gasteiger partial charge in [0.1, 0.15) is 11.5 Å². The second-order valence-corrected chi connectivity index (χ2v) is 7.98. The molecule has 4 heterocycles. The Morgan fingerprint density at radius 2 is 2.12 bits per heavy atom. The van der Waals surface area contributed by atoms with E-state index < -0.39 is 5.97 Å². The Balaban J connectivity index is 1.28. The SMILES string of the molecule is CCOC(=O)c1cc2n(c1)CCN(CCNc1nccc3ccc(-c4noc(C)n4)cc13)C2=O. The van der Waals surface area contributed by atoms with Crippen molar-refractivity contribution in [3.05, 3.63) is 59.9 Å². The molecule has 1 amide bonds. The van der Waals surface area contributed by atoms with E-state index in [0.717, 1.165) is 22.2 Å². The number of fused-ring (bicyclic) bond motifs is 2. The second-order valence-electron chi connectivity index (χ2n) is 7.98. The molecule has 10 nitrogen and oxygen atoms in total. The van der Waals surface area contributed by atoms with E-state index in [1.807, 2.05) is 28.8 Å². The lowest BCUT2D eigenvalue weighted by Gasteiger charge is -2.28. The average Bonchev–Trinajstić information content (AvgIpc) is 3.47. The van der Waals surface area contributed by atoms with Crippen molar-refractivity contribution in [1.29, 1.82) is 0 Å². The monoisotopic (exact) mass is 460 g/mol. The van der Waals surface area contributed by atoms with E-state index in [1.165, 1.54) is 0 Å². The van der Waals surface area contributed by atoms with Crippen LogP contribution in [0.5, 0.6) is 0 Å². The summed E-state index contributed by atoms with van der Waals surface area (Å²) in [4.78, 5) is 35.5. The van der Waals surface area contributed by atoms with Crippen LogP contribution in [0.15, 0.2) is 47.2 Å². The largest absolute Gasteiger partial charge is 0.462 e. The molecule has 0 saturated carbocycles. The highest BCUT2D eigenvalue weighted by Gasteiger charge is 2.26. The van der Waals surface area contributed by atoms with E-state index in [4.69, 9.17) is 9.26 Å². The van der Waals surface area contributed by atoms with Gasteiger partial charge in [0.25, 0.3) is 5.91 Å². The van der Waals surface area contributed by atoms with Crippen LogP contribution in [0.3, 0.4) is 0 Å². The molecule has 3 aromatic heterocycles. The Bertz CT molecular complexity index is 1380. The summed E-state index contributed by atoms with van der Waals surface area (Å²) in [5.74, 6) is 1.23. The molecule has 0 unspecified atom stereocenters. The fraction of sp³-hybridized carbons (Fsp3) is 0.292. The molecule has 1 aliphatic heterocycles. The summed E-state index contributed by atoms with van der Waals surface area (Å²) in [5.41, 5.74) is 1.74. The van der Waals surface area contributed by atoms with Crippen molar-refractivity contribution in [2.45, 2.75) is 20.4 Å². The van der Waals surface area contributed by atoms with E-state index in [2.05, 4.69) is 20.4 Å². The van der Waals surface area contributed by atoms with Crippen LogP contribution in [0, 0.1) is 6.92 Å².